The molecular formula is C20H12Cl2F4O4. The summed E-state index contributed by atoms with van der Waals surface area (Å²) in [4.78, 5) is 10.9. The monoisotopic (exact) mass is 462 g/mol. The molecule has 4 nitrogen and oxygen atoms in total. The molecular weight excluding hydrogens is 451 g/mol. The molecule has 0 bridgehead atoms. The number of halogens is 6. The van der Waals surface area contributed by atoms with Gasteiger partial charge in [0.2, 0.25) is 0 Å². The van der Waals surface area contributed by atoms with Gasteiger partial charge in [0.1, 0.15) is 16.5 Å². The topological polar surface area (TPSA) is 55.8 Å². The molecule has 1 unspecified atom stereocenters. The fraction of sp³-hybridized carbons (Fsp3) is 0.150. The number of carboxylic acid groups (broad SMARTS) is 1. The van der Waals surface area contributed by atoms with Gasteiger partial charge in [-0.3, -0.25) is 0 Å². The van der Waals surface area contributed by atoms with E-state index < -0.39 is 45.4 Å². The second-order valence-corrected chi connectivity index (χ2v) is 7.02. The third-order valence-electron chi connectivity index (χ3n) is 4.09. The summed E-state index contributed by atoms with van der Waals surface area (Å²) in [6.07, 6.45) is -6.00. The SMILES string of the molecule is CC(Oc1ccc2cc(Oc3c(Cl)cc(C(F)(F)F)c(F)c3Cl)ccc2c1)C(=O)O. The van der Waals surface area contributed by atoms with Crippen LogP contribution in [0.4, 0.5) is 17.6 Å². The van der Waals surface area contributed by atoms with Crippen LogP contribution in [0.3, 0.4) is 0 Å². The van der Waals surface area contributed by atoms with Gasteiger partial charge < -0.3 is 14.6 Å². The Hall–Kier alpha value is -2.71. The number of carboxylic acids is 1. The number of hydrogen-bond donors (Lipinski definition) is 1. The summed E-state index contributed by atoms with van der Waals surface area (Å²) in [6.45, 7) is 1.39. The molecule has 0 aliphatic heterocycles. The summed E-state index contributed by atoms with van der Waals surface area (Å²) < 4.78 is 63.4. The average Bonchev–Trinajstić information content (AvgIpc) is 2.67. The molecule has 1 N–H and O–H groups in total. The van der Waals surface area contributed by atoms with Crippen molar-refractivity contribution in [3.05, 3.63) is 63.9 Å². The maximum absolute atomic E-state index is 14.1. The highest BCUT2D eigenvalue weighted by Crippen LogP contribution is 2.44. The van der Waals surface area contributed by atoms with E-state index in [1.165, 1.54) is 19.1 Å². The molecule has 0 aliphatic rings. The summed E-state index contributed by atoms with van der Waals surface area (Å²) in [5.74, 6) is -2.76. The Bertz CT molecular complexity index is 1130. The predicted molar refractivity (Wildman–Crippen MR) is 103 cm³/mol. The number of carbonyl (C=O) groups is 1. The number of fused-ring (bicyclic) bond motifs is 1. The third kappa shape index (κ3) is 4.55. The Labute approximate surface area is 177 Å². The van der Waals surface area contributed by atoms with Crippen LogP contribution in [-0.4, -0.2) is 17.2 Å². The molecule has 3 aromatic rings. The minimum Gasteiger partial charge on any atom is -0.479 e. The number of hydrogen-bond acceptors (Lipinski definition) is 3. The second-order valence-electron chi connectivity index (χ2n) is 6.23. The van der Waals surface area contributed by atoms with Gasteiger partial charge in [0, 0.05) is 0 Å². The van der Waals surface area contributed by atoms with E-state index >= 15 is 0 Å². The minimum atomic E-state index is -4.96. The van der Waals surface area contributed by atoms with Crippen molar-refractivity contribution in [2.45, 2.75) is 19.2 Å². The van der Waals surface area contributed by atoms with Gasteiger partial charge in [0.25, 0.3) is 0 Å². The Morgan fingerprint density at radius 2 is 1.60 bits per heavy atom. The number of alkyl halides is 3. The Kier molecular flexibility index (Phi) is 6.01. The van der Waals surface area contributed by atoms with E-state index in [9.17, 15) is 22.4 Å². The summed E-state index contributed by atoms with van der Waals surface area (Å²) in [5, 5.41) is 8.83. The molecule has 0 saturated carbocycles. The number of rotatable bonds is 5. The molecule has 0 heterocycles. The van der Waals surface area contributed by atoms with Crippen molar-refractivity contribution in [1.82, 2.24) is 0 Å². The summed E-state index contributed by atoms with van der Waals surface area (Å²) in [7, 11) is 0. The standard InChI is InChI=1S/C20H12Cl2F4O4/c1-9(19(27)28)29-12-4-2-11-7-13(5-3-10(11)6-12)30-18-15(21)8-14(20(24,25)26)17(23)16(18)22/h2-9H,1H3,(H,27,28). The van der Waals surface area contributed by atoms with Gasteiger partial charge in [-0.05, 0) is 48.0 Å². The quantitative estimate of drug-likeness (QED) is 0.329. The zero-order chi connectivity index (χ0) is 22.2. The van der Waals surface area contributed by atoms with Crippen LogP contribution in [0.5, 0.6) is 17.2 Å². The predicted octanol–water partition coefficient (Wildman–Crippen LogP) is 6.95. The molecule has 3 rings (SSSR count). The van der Waals surface area contributed by atoms with Crippen molar-refractivity contribution >= 4 is 39.9 Å². The first-order chi connectivity index (χ1) is 14.0. The average molecular weight is 463 g/mol. The zero-order valence-electron chi connectivity index (χ0n) is 15.1. The van der Waals surface area contributed by atoms with Gasteiger partial charge in [0.15, 0.2) is 17.7 Å². The van der Waals surface area contributed by atoms with Crippen LogP contribution in [0.2, 0.25) is 10.0 Å². The van der Waals surface area contributed by atoms with Gasteiger partial charge >= 0.3 is 12.1 Å². The molecule has 158 valence electrons. The van der Waals surface area contributed by atoms with Crippen LogP contribution in [0.25, 0.3) is 10.8 Å². The van der Waals surface area contributed by atoms with E-state index in [1.807, 2.05) is 0 Å². The highest BCUT2D eigenvalue weighted by molar-refractivity contribution is 6.37. The van der Waals surface area contributed by atoms with E-state index in [-0.39, 0.29) is 5.75 Å². The van der Waals surface area contributed by atoms with Crippen molar-refractivity contribution < 1.29 is 36.9 Å². The molecule has 3 aromatic carbocycles. The minimum absolute atomic E-state index is 0.151. The van der Waals surface area contributed by atoms with Crippen molar-refractivity contribution in [2.24, 2.45) is 0 Å². The van der Waals surface area contributed by atoms with E-state index in [0.29, 0.717) is 22.6 Å². The summed E-state index contributed by atoms with van der Waals surface area (Å²) in [5.41, 5.74) is -1.59. The van der Waals surface area contributed by atoms with E-state index in [4.69, 9.17) is 37.8 Å². The molecule has 0 aliphatic carbocycles. The van der Waals surface area contributed by atoms with Crippen molar-refractivity contribution in [3.8, 4) is 17.2 Å². The van der Waals surface area contributed by atoms with Crippen LogP contribution < -0.4 is 9.47 Å². The Morgan fingerprint density at radius 3 is 2.17 bits per heavy atom. The molecule has 0 amide bonds. The van der Waals surface area contributed by atoms with Gasteiger partial charge in [-0.2, -0.15) is 13.2 Å². The van der Waals surface area contributed by atoms with Gasteiger partial charge in [-0.1, -0.05) is 35.3 Å². The molecule has 0 radical (unpaired) electrons. The second kappa shape index (κ2) is 8.20. The van der Waals surface area contributed by atoms with E-state index in [2.05, 4.69) is 0 Å². The number of benzene rings is 3. The van der Waals surface area contributed by atoms with Gasteiger partial charge in [-0.15, -0.1) is 0 Å². The molecule has 0 spiro atoms. The highest BCUT2D eigenvalue weighted by Gasteiger charge is 2.37. The fourth-order valence-corrected chi connectivity index (χ4v) is 3.12. The van der Waals surface area contributed by atoms with Gasteiger partial charge in [-0.25, -0.2) is 9.18 Å². The van der Waals surface area contributed by atoms with Crippen molar-refractivity contribution in [3.63, 3.8) is 0 Å². The number of aliphatic carboxylic acids is 1. The van der Waals surface area contributed by atoms with E-state index in [0.717, 1.165) is 0 Å². The third-order valence-corrected chi connectivity index (χ3v) is 4.70. The zero-order valence-corrected chi connectivity index (χ0v) is 16.6. The number of ether oxygens (including phenoxy) is 2. The Morgan fingerprint density at radius 1 is 1.03 bits per heavy atom. The maximum atomic E-state index is 14.1. The lowest BCUT2D eigenvalue weighted by Gasteiger charge is -2.15. The van der Waals surface area contributed by atoms with Crippen LogP contribution in [0.15, 0.2) is 42.5 Å². The normalized spacial score (nSPS) is 12.6. The lowest BCUT2D eigenvalue weighted by atomic mass is 10.1. The summed E-state index contributed by atoms with van der Waals surface area (Å²) in [6, 6.07) is 9.79. The van der Waals surface area contributed by atoms with Crippen LogP contribution in [0.1, 0.15) is 12.5 Å². The first kappa shape index (κ1) is 22.0. The first-order valence-corrected chi connectivity index (χ1v) is 9.09. The molecule has 0 aromatic heterocycles. The Balaban J connectivity index is 1.91. The largest absolute Gasteiger partial charge is 0.479 e. The highest BCUT2D eigenvalue weighted by atomic mass is 35.5. The molecule has 0 fully saturated rings. The van der Waals surface area contributed by atoms with Crippen LogP contribution in [0, 0.1) is 5.82 Å². The molecule has 10 heteroatoms. The summed E-state index contributed by atoms with van der Waals surface area (Å²) >= 11 is 11.6. The lowest BCUT2D eigenvalue weighted by molar-refractivity contribution is -0.144. The van der Waals surface area contributed by atoms with Crippen LogP contribution >= 0.6 is 23.2 Å². The van der Waals surface area contributed by atoms with Crippen LogP contribution in [-0.2, 0) is 11.0 Å². The molecule has 1 atom stereocenters. The fourth-order valence-electron chi connectivity index (χ4n) is 2.59. The van der Waals surface area contributed by atoms with E-state index in [1.54, 1.807) is 24.3 Å². The lowest BCUT2D eigenvalue weighted by Crippen LogP contribution is -2.22. The van der Waals surface area contributed by atoms with Crippen molar-refractivity contribution in [2.75, 3.05) is 0 Å². The molecule has 30 heavy (non-hydrogen) atoms. The van der Waals surface area contributed by atoms with Crippen molar-refractivity contribution in [1.29, 1.82) is 0 Å². The smallest absolute Gasteiger partial charge is 0.419 e. The molecule has 0 saturated heterocycles. The maximum Gasteiger partial charge on any atom is 0.419 e. The van der Waals surface area contributed by atoms with Gasteiger partial charge in [0.05, 0.1) is 10.6 Å². The first-order valence-electron chi connectivity index (χ1n) is 8.33.